The van der Waals surface area contributed by atoms with Gasteiger partial charge < -0.3 is 10.5 Å². The van der Waals surface area contributed by atoms with Crippen molar-refractivity contribution in [2.75, 3.05) is 4.72 Å². The Labute approximate surface area is 122 Å². The maximum absolute atomic E-state index is 11.7. The normalized spacial score (nSPS) is 10.9. The molecular weight excluding hydrogens is 302 g/mol. The van der Waals surface area contributed by atoms with E-state index in [1.165, 1.54) is 12.1 Å². The first kappa shape index (κ1) is 16.2. The molecule has 0 aliphatic carbocycles. The topological polar surface area (TPSA) is 111 Å². The van der Waals surface area contributed by atoms with Crippen molar-refractivity contribution < 1.29 is 17.9 Å². The number of carbonyl (C=O) groups is 1. The van der Waals surface area contributed by atoms with Crippen LogP contribution in [0.15, 0.2) is 24.3 Å². The number of hydrogen-bond donors (Lipinski definition) is 3. The molecule has 0 aromatic heterocycles. The zero-order chi connectivity index (χ0) is 15.3. The summed E-state index contributed by atoms with van der Waals surface area (Å²) >= 11 is 4.79. The Balaban J connectivity index is 2.78. The van der Waals surface area contributed by atoms with Gasteiger partial charge in [0.05, 0.1) is 11.8 Å². The molecule has 1 aromatic rings. The molecule has 1 aromatic carbocycles. The third-order valence-electron chi connectivity index (χ3n) is 1.96. The zero-order valence-corrected chi connectivity index (χ0v) is 12.5. The first-order valence-electron chi connectivity index (χ1n) is 5.60. The van der Waals surface area contributed by atoms with Crippen molar-refractivity contribution in [2.45, 2.75) is 20.0 Å². The van der Waals surface area contributed by atoms with E-state index in [4.69, 9.17) is 18.0 Å². The molecule has 9 heteroatoms. The van der Waals surface area contributed by atoms with Crippen LogP contribution in [0.2, 0.25) is 0 Å². The molecular formula is C11H15N3O4S2. The quantitative estimate of drug-likeness (QED) is 0.702. The molecule has 0 saturated carbocycles. The molecule has 110 valence electrons. The molecule has 0 unspecified atom stereocenters. The van der Waals surface area contributed by atoms with Crippen LogP contribution in [-0.4, -0.2) is 25.6 Å². The molecule has 0 aliphatic heterocycles. The molecule has 0 spiro atoms. The molecule has 0 radical (unpaired) electrons. The van der Waals surface area contributed by atoms with Crippen molar-refractivity contribution in [3.63, 3.8) is 0 Å². The number of amides is 1. The average molecular weight is 317 g/mol. The number of rotatable bonds is 5. The second-order valence-corrected chi connectivity index (χ2v) is 5.96. The number of anilines is 1. The van der Waals surface area contributed by atoms with Gasteiger partial charge in [0.2, 0.25) is 0 Å². The van der Waals surface area contributed by atoms with Gasteiger partial charge >= 0.3 is 16.3 Å². The van der Waals surface area contributed by atoms with Gasteiger partial charge in [-0.3, -0.25) is 4.72 Å². The van der Waals surface area contributed by atoms with Crippen LogP contribution in [0.1, 0.15) is 19.4 Å². The lowest BCUT2D eigenvalue weighted by Crippen LogP contribution is -2.36. The second-order valence-electron chi connectivity index (χ2n) is 4.11. The minimum Gasteiger partial charge on any atom is -0.446 e. The summed E-state index contributed by atoms with van der Waals surface area (Å²) in [7, 11) is -4.08. The van der Waals surface area contributed by atoms with Crippen molar-refractivity contribution in [3.8, 4) is 0 Å². The third kappa shape index (κ3) is 5.41. The van der Waals surface area contributed by atoms with E-state index in [-0.39, 0.29) is 10.7 Å². The molecule has 0 aliphatic rings. The minimum atomic E-state index is -4.08. The zero-order valence-electron chi connectivity index (χ0n) is 10.9. The highest BCUT2D eigenvalue weighted by atomic mass is 32.2. The Morgan fingerprint density at radius 2 is 2.05 bits per heavy atom. The smallest absolute Gasteiger partial charge is 0.422 e. The van der Waals surface area contributed by atoms with Crippen LogP contribution < -0.4 is 15.2 Å². The van der Waals surface area contributed by atoms with E-state index in [1.54, 1.807) is 30.7 Å². The summed E-state index contributed by atoms with van der Waals surface area (Å²) in [6.45, 7) is 3.20. The lowest BCUT2D eigenvalue weighted by molar-refractivity contribution is 0.121. The van der Waals surface area contributed by atoms with Gasteiger partial charge in [-0.1, -0.05) is 24.4 Å². The van der Waals surface area contributed by atoms with Gasteiger partial charge in [-0.2, -0.15) is 8.42 Å². The Kier molecular flexibility index (Phi) is 5.28. The summed E-state index contributed by atoms with van der Waals surface area (Å²) < 4.78 is 31.9. The van der Waals surface area contributed by atoms with E-state index in [9.17, 15) is 13.2 Å². The molecule has 4 N–H and O–H groups in total. The van der Waals surface area contributed by atoms with Gasteiger partial charge in [0.25, 0.3) is 0 Å². The largest absolute Gasteiger partial charge is 0.446 e. The number of ether oxygens (including phenoxy) is 1. The fraction of sp³-hybridized carbons (Fsp3) is 0.273. The summed E-state index contributed by atoms with van der Waals surface area (Å²) in [5.41, 5.74) is 6.17. The standard InChI is InChI=1S/C11H15N3O4S2/c1-7(2)18-11(15)14-20(16,17)13-9-5-3-4-8(6-9)10(12)19/h3-7,13H,1-2H3,(H2,12,19)(H,14,15). The number of nitrogens with one attached hydrogen (secondary N) is 2. The molecule has 0 heterocycles. The van der Waals surface area contributed by atoms with Crippen LogP contribution in [-0.2, 0) is 14.9 Å². The first-order valence-corrected chi connectivity index (χ1v) is 7.50. The van der Waals surface area contributed by atoms with Gasteiger partial charge in [-0.05, 0) is 26.0 Å². The van der Waals surface area contributed by atoms with E-state index in [0.29, 0.717) is 5.56 Å². The Morgan fingerprint density at radius 1 is 1.40 bits per heavy atom. The van der Waals surface area contributed by atoms with Gasteiger partial charge in [0.1, 0.15) is 4.99 Å². The summed E-state index contributed by atoms with van der Waals surface area (Å²) in [5.74, 6) is 0. The van der Waals surface area contributed by atoms with Crippen molar-refractivity contribution in [3.05, 3.63) is 29.8 Å². The third-order valence-corrected chi connectivity index (χ3v) is 3.14. The molecule has 1 rings (SSSR count). The van der Waals surface area contributed by atoms with E-state index >= 15 is 0 Å². The SMILES string of the molecule is CC(C)OC(=O)NS(=O)(=O)Nc1cccc(C(N)=S)c1. The highest BCUT2D eigenvalue weighted by Gasteiger charge is 2.16. The monoisotopic (exact) mass is 317 g/mol. The summed E-state index contributed by atoms with van der Waals surface area (Å²) in [6.07, 6.45) is -1.49. The Morgan fingerprint density at radius 3 is 2.60 bits per heavy atom. The van der Waals surface area contributed by atoms with Crippen molar-refractivity contribution in [1.29, 1.82) is 0 Å². The van der Waals surface area contributed by atoms with Crippen molar-refractivity contribution in [1.82, 2.24) is 4.72 Å². The number of carbonyl (C=O) groups excluding carboxylic acids is 1. The number of benzene rings is 1. The van der Waals surface area contributed by atoms with Gasteiger partial charge in [0.15, 0.2) is 0 Å². The van der Waals surface area contributed by atoms with Gasteiger partial charge in [-0.25, -0.2) is 9.52 Å². The van der Waals surface area contributed by atoms with Gasteiger partial charge in [-0.15, -0.1) is 0 Å². The predicted molar refractivity (Wildman–Crippen MR) is 79.6 cm³/mol. The lowest BCUT2D eigenvalue weighted by Gasteiger charge is -2.12. The molecule has 7 nitrogen and oxygen atoms in total. The maximum Gasteiger partial charge on any atom is 0.422 e. The van der Waals surface area contributed by atoms with Crippen LogP contribution in [0.5, 0.6) is 0 Å². The number of hydrogen-bond acceptors (Lipinski definition) is 5. The van der Waals surface area contributed by atoms with E-state index in [2.05, 4.69) is 9.46 Å². The maximum atomic E-state index is 11.7. The average Bonchev–Trinajstić information content (AvgIpc) is 2.26. The fourth-order valence-corrected chi connectivity index (χ4v) is 2.15. The highest BCUT2D eigenvalue weighted by Crippen LogP contribution is 2.11. The number of nitrogens with two attached hydrogens (primary N) is 1. The summed E-state index contributed by atoms with van der Waals surface area (Å²) in [5, 5.41) is 0. The highest BCUT2D eigenvalue weighted by molar-refractivity contribution is 7.91. The first-order chi connectivity index (χ1) is 9.19. The lowest BCUT2D eigenvalue weighted by atomic mass is 10.2. The van der Waals surface area contributed by atoms with E-state index in [0.717, 1.165) is 0 Å². The van der Waals surface area contributed by atoms with Crippen LogP contribution in [0.4, 0.5) is 10.5 Å². The van der Waals surface area contributed by atoms with Crippen LogP contribution >= 0.6 is 12.2 Å². The summed E-state index contributed by atoms with van der Waals surface area (Å²) in [6, 6.07) is 6.17. The van der Waals surface area contributed by atoms with E-state index < -0.39 is 22.4 Å². The molecule has 1 amide bonds. The fourth-order valence-electron chi connectivity index (χ4n) is 1.26. The second kappa shape index (κ2) is 6.53. The molecule has 0 bridgehead atoms. The van der Waals surface area contributed by atoms with Crippen LogP contribution in [0.3, 0.4) is 0 Å². The summed E-state index contributed by atoms with van der Waals surface area (Å²) in [4.78, 5) is 11.4. The molecule has 0 atom stereocenters. The van der Waals surface area contributed by atoms with Crippen LogP contribution in [0.25, 0.3) is 0 Å². The van der Waals surface area contributed by atoms with E-state index in [1.807, 2.05) is 0 Å². The Hall–Kier alpha value is -1.87. The van der Waals surface area contributed by atoms with Gasteiger partial charge in [0, 0.05) is 5.56 Å². The minimum absolute atomic E-state index is 0.137. The molecule has 20 heavy (non-hydrogen) atoms. The predicted octanol–water partition coefficient (Wildman–Crippen LogP) is 1.11. The van der Waals surface area contributed by atoms with Crippen molar-refractivity contribution >= 4 is 39.2 Å². The number of thiocarbonyl (C=S) groups is 1. The van der Waals surface area contributed by atoms with Crippen LogP contribution in [0, 0.1) is 0 Å². The van der Waals surface area contributed by atoms with Crippen molar-refractivity contribution in [2.24, 2.45) is 5.73 Å². The molecule has 0 saturated heterocycles. The Bertz CT molecular complexity index is 614. The molecule has 0 fully saturated rings.